The van der Waals surface area contributed by atoms with Crippen molar-refractivity contribution in [3.63, 3.8) is 0 Å². The van der Waals surface area contributed by atoms with Crippen molar-refractivity contribution in [2.45, 2.75) is 23.6 Å². The Balaban J connectivity index is 2.43. The molecule has 3 unspecified atom stereocenters. The third-order valence-electron chi connectivity index (χ3n) is 1.76. The molecule has 1 saturated heterocycles. The van der Waals surface area contributed by atoms with E-state index in [0.29, 0.717) is 6.54 Å². The summed E-state index contributed by atoms with van der Waals surface area (Å²) in [5.41, 5.74) is 5.63. The van der Waals surface area contributed by atoms with Gasteiger partial charge in [0.05, 0.1) is 17.5 Å². The zero-order chi connectivity index (χ0) is 9.14. The first-order valence-corrected chi connectivity index (χ1v) is 4.62. The summed E-state index contributed by atoms with van der Waals surface area (Å²) >= 11 is 3.32. The summed E-state index contributed by atoms with van der Waals surface area (Å²) in [7, 11) is 0. The predicted molar refractivity (Wildman–Crippen MR) is 47.9 cm³/mol. The quantitative estimate of drug-likeness (QED) is 0.367. The molecule has 0 spiro atoms. The summed E-state index contributed by atoms with van der Waals surface area (Å²) in [6.45, 7) is 0.706. The molecule has 0 aromatic carbocycles. The van der Waals surface area contributed by atoms with Crippen molar-refractivity contribution in [3.05, 3.63) is 0 Å². The van der Waals surface area contributed by atoms with Gasteiger partial charge < -0.3 is 10.8 Å². The summed E-state index contributed by atoms with van der Waals surface area (Å²) in [6.07, 6.45) is -0.245. The summed E-state index contributed by atoms with van der Waals surface area (Å²) in [4.78, 5) is 10.5. The Morgan fingerprint density at radius 2 is 2.42 bits per heavy atom. The summed E-state index contributed by atoms with van der Waals surface area (Å²) in [6, 6.07) is -0.208. The highest BCUT2D eigenvalue weighted by Crippen LogP contribution is 2.06. The molecule has 0 aromatic heterocycles. The highest BCUT2D eigenvalue weighted by molar-refractivity contribution is 9.09. The van der Waals surface area contributed by atoms with E-state index in [9.17, 15) is 4.79 Å². The average Bonchev–Trinajstić information content (AvgIpc) is 1.96. The van der Waals surface area contributed by atoms with Crippen LogP contribution in [-0.4, -0.2) is 34.8 Å². The zero-order valence-corrected chi connectivity index (χ0v) is 8.04. The third-order valence-corrected chi connectivity index (χ3v) is 2.34. The van der Waals surface area contributed by atoms with Crippen LogP contribution >= 0.6 is 15.9 Å². The molecule has 6 heteroatoms. The largest absolute Gasteiger partial charge is 0.481 e. The van der Waals surface area contributed by atoms with Gasteiger partial charge in [-0.2, -0.15) is 0 Å². The van der Waals surface area contributed by atoms with Gasteiger partial charge in [0.2, 0.25) is 0 Å². The van der Waals surface area contributed by atoms with Crippen molar-refractivity contribution in [2.24, 2.45) is 5.73 Å². The van der Waals surface area contributed by atoms with Gasteiger partial charge in [0, 0.05) is 12.6 Å². The molecule has 0 amide bonds. The fraction of sp³-hybridized carbons (Fsp3) is 0.833. The maximum Gasteiger partial charge on any atom is 0.305 e. The lowest BCUT2D eigenvalue weighted by molar-refractivity contribution is -0.137. The van der Waals surface area contributed by atoms with Crippen LogP contribution in [0.2, 0.25) is 0 Å². The van der Waals surface area contributed by atoms with Gasteiger partial charge in [-0.25, -0.2) is 0 Å². The first-order valence-electron chi connectivity index (χ1n) is 3.70. The van der Waals surface area contributed by atoms with Gasteiger partial charge in [0.25, 0.3) is 0 Å². The van der Waals surface area contributed by atoms with Crippen molar-refractivity contribution in [1.82, 2.24) is 10.6 Å². The topological polar surface area (TPSA) is 87.4 Å². The lowest BCUT2D eigenvalue weighted by Crippen LogP contribution is -2.63. The number of hydrogen-bond acceptors (Lipinski definition) is 4. The van der Waals surface area contributed by atoms with Crippen molar-refractivity contribution >= 4 is 21.9 Å². The highest BCUT2D eigenvalue weighted by Gasteiger charge is 2.26. The molecule has 0 radical (unpaired) electrons. The van der Waals surface area contributed by atoms with Crippen LogP contribution in [0.3, 0.4) is 0 Å². The molecule has 1 rings (SSSR count). The Hall–Kier alpha value is -0.170. The number of piperazine rings is 1. The Morgan fingerprint density at radius 1 is 1.75 bits per heavy atom. The van der Waals surface area contributed by atoms with Crippen LogP contribution in [0.15, 0.2) is 0 Å². The van der Waals surface area contributed by atoms with Gasteiger partial charge in [-0.05, 0) is 0 Å². The maximum absolute atomic E-state index is 10.4. The molecule has 1 heterocycles. The highest BCUT2D eigenvalue weighted by atomic mass is 79.9. The molecule has 0 saturated carbocycles. The Labute approximate surface area is 78.8 Å². The second kappa shape index (κ2) is 4.18. The molecule has 70 valence electrons. The van der Waals surface area contributed by atoms with Crippen molar-refractivity contribution in [3.8, 4) is 0 Å². The Kier molecular flexibility index (Phi) is 3.45. The van der Waals surface area contributed by atoms with E-state index in [2.05, 4.69) is 26.6 Å². The summed E-state index contributed by atoms with van der Waals surface area (Å²) < 4.78 is 0. The molecule has 1 fully saturated rings. The first-order chi connectivity index (χ1) is 5.59. The van der Waals surface area contributed by atoms with E-state index in [-0.39, 0.29) is 23.6 Å². The van der Waals surface area contributed by atoms with Crippen LogP contribution in [0.1, 0.15) is 6.42 Å². The molecule has 5 nitrogen and oxygen atoms in total. The van der Waals surface area contributed by atoms with E-state index in [1.54, 1.807) is 0 Å². The van der Waals surface area contributed by atoms with Gasteiger partial charge in [-0.1, -0.05) is 15.9 Å². The Bertz CT molecular complexity index is 178. The van der Waals surface area contributed by atoms with Crippen molar-refractivity contribution in [2.75, 3.05) is 6.54 Å². The fourth-order valence-corrected chi connectivity index (χ4v) is 1.68. The predicted octanol–water partition coefficient (Wildman–Crippen LogP) is -0.972. The normalized spacial score (nSPS) is 36.3. The van der Waals surface area contributed by atoms with Crippen LogP contribution < -0.4 is 16.4 Å². The van der Waals surface area contributed by atoms with Crippen LogP contribution in [0.5, 0.6) is 0 Å². The molecule has 1 aliphatic rings. The number of aliphatic carboxylic acids is 1. The smallest absolute Gasteiger partial charge is 0.305 e. The van der Waals surface area contributed by atoms with E-state index < -0.39 is 5.97 Å². The van der Waals surface area contributed by atoms with E-state index in [4.69, 9.17) is 10.8 Å². The van der Waals surface area contributed by atoms with Gasteiger partial charge in [0.15, 0.2) is 0 Å². The van der Waals surface area contributed by atoms with Crippen LogP contribution in [0.25, 0.3) is 0 Å². The number of nitrogens with two attached hydrogens (primary N) is 1. The fourth-order valence-electron chi connectivity index (χ4n) is 1.15. The zero-order valence-electron chi connectivity index (χ0n) is 6.46. The number of carboxylic acid groups (broad SMARTS) is 1. The molecule has 0 aromatic rings. The second-order valence-electron chi connectivity index (χ2n) is 2.77. The molecular weight excluding hydrogens is 226 g/mol. The number of hydrogen-bond donors (Lipinski definition) is 4. The van der Waals surface area contributed by atoms with Crippen LogP contribution in [0.4, 0.5) is 0 Å². The monoisotopic (exact) mass is 237 g/mol. The van der Waals surface area contributed by atoms with Gasteiger partial charge in [-0.3, -0.25) is 15.4 Å². The number of rotatable bonds is 2. The third kappa shape index (κ3) is 2.71. The summed E-state index contributed by atoms with van der Waals surface area (Å²) in [5, 5.41) is 14.6. The molecule has 12 heavy (non-hydrogen) atoms. The molecule has 5 N–H and O–H groups in total. The number of carbonyl (C=O) groups is 1. The number of carboxylic acids is 1. The number of alkyl halides is 1. The SMILES string of the molecule is NC1NCC(Br)NC1CC(=O)O. The lowest BCUT2D eigenvalue weighted by atomic mass is 10.1. The second-order valence-corrected chi connectivity index (χ2v) is 3.88. The minimum Gasteiger partial charge on any atom is -0.481 e. The molecular formula is C6H12BrN3O2. The minimum absolute atomic E-state index is 0.0380. The van der Waals surface area contributed by atoms with Crippen molar-refractivity contribution in [1.29, 1.82) is 0 Å². The number of halogens is 1. The van der Waals surface area contributed by atoms with Gasteiger partial charge in [-0.15, -0.1) is 0 Å². The molecule has 3 atom stereocenters. The average molecular weight is 238 g/mol. The van der Waals surface area contributed by atoms with Gasteiger partial charge in [0.1, 0.15) is 0 Å². The Morgan fingerprint density at radius 3 is 3.00 bits per heavy atom. The minimum atomic E-state index is -0.841. The molecule has 1 aliphatic heterocycles. The van der Waals surface area contributed by atoms with Crippen LogP contribution in [0, 0.1) is 0 Å². The molecule has 0 bridgehead atoms. The van der Waals surface area contributed by atoms with Crippen molar-refractivity contribution < 1.29 is 9.90 Å². The maximum atomic E-state index is 10.4. The standard InChI is InChI=1S/C6H12BrN3O2/c7-4-2-9-6(8)3(10-4)1-5(11)12/h3-4,6,9-10H,1-2,8H2,(H,11,12). The summed E-state index contributed by atoms with van der Waals surface area (Å²) in [5.74, 6) is -0.841. The first kappa shape index (κ1) is 9.91. The van der Waals surface area contributed by atoms with E-state index in [0.717, 1.165) is 0 Å². The van der Waals surface area contributed by atoms with E-state index in [1.165, 1.54) is 0 Å². The number of nitrogens with one attached hydrogen (secondary N) is 2. The van der Waals surface area contributed by atoms with Crippen LogP contribution in [-0.2, 0) is 4.79 Å². The van der Waals surface area contributed by atoms with Gasteiger partial charge >= 0.3 is 5.97 Å². The van der Waals surface area contributed by atoms with E-state index >= 15 is 0 Å². The van der Waals surface area contributed by atoms with E-state index in [1.807, 2.05) is 0 Å². The molecule has 0 aliphatic carbocycles. The lowest BCUT2D eigenvalue weighted by Gasteiger charge is -2.33.